The Bertz CT molecular complexity index is 416. The van der Waals surface area contributed by atoms with E-state index in [-0.39, 0.29) is 11.3 Å². The smallest absolute Gasteiger partial charge is 0.244 e. The van der Waals surface area contributed by atoms with E-state index in [9.17, 15) is 4.79 Å². The molecule has 19 heavy (non-hydrogen) atoms. The van der Waals surface area contributed by atoms with Gasteiger partial charge >= 0.3 is 0 Å². The monoisotopic (exact) mass is 258 g/mol. The Morgan fingerprint density at radius 3 is 2.21 bits per heavy atom. The molecule has 4 saturated carbocycles. The first-order valence-corrected chi connectivity index (χ1v) is 7.65. The van der Waals surface area contributed by atoms with Crippen molar-refractivity contribution in [2.45, 2.75) is 38.5 Å². The van der Waals surface area contributed by atoms with Crippen molar-refractivity contribution in [2.75, 3.05) is 6.54 Å². The third-order valence-electron chi connectivity index (χ3n) is 5.58. The molecule has 5 rings (SSSR count). The van der Waals surface area contributed by atoms with Gasteiger partial charge in [0.05, 0.1) is 12.0 Å². The number of hydrogen-bond acceptors (Lipinski definition) is 2. The summed E-state index contributed by atoms with van der Waals surface area (Å²) in [6.45, 7) is 0.786. The van der Waals surface area contributed by atoms with E-state index in [0.29, 0.717) is 0 Å². The number of nitrogens with zero attached hydrogens (tertiary/aromatic N) is 1. The largest absolute Gasteiger partial charge is 0.289 e. The predicted octanol–water partition coefficient (Wildman–Crippen LogP) is 2.62. The maximum absolute atomic E-state index is 12.8. The fourth-order valence-corrected chi connectivity index (χ4v) is 5.19. The van der Waals surface area contributed by atoms with Gasteiger partial charge in [-0.3, -0.25) is 15.2 Å². The number of hydrazine groups is 1. The quantitative estimate of drug-likeness (QED) is 0.825. The lowest BCUT2D eigenvalue weighted by Crippen LogP contribution is -2.56. The highest BCUT2D eigenvalue weighted by atomic mass is 16.2. The van der Waals surface area contributed by atoms with Gasteiger partial charge in [-0.2, -0.15) is 0 Å². The van der Waals surface area contributed by atoms with Gasteiger partial charge in [-0.15, -0.1) is 0 Å². The van der Waals surface area contributed by atoms with Gasteiger partial charge in [0.2, 0.25) is 5.91 Å². The van der Waals surface area contributed by atoms with Crippen molar-refractivity contribution >= 4 is 5.91 Å². The number of carbonyl (C=O) groups is 1. The molecule has 5 aliphatic rings. The zero-order chi connectivity index (χ0) is 12.9. The van der Waals surface area contributed by atoms with Gasteiger partial charge in [0.25, 0.3) is 0 Å². The molecule has 4 bridgehead atoms. The summed E-state index contributed by atoms with van der Waals surface area (Å²) >= 11 is 0. The molecular weight excluding hydrogens is 236 g/mol. The van der Waals surface area contributed by atoms with Crippen LogP contribution < -0.4 is 5.43 Å². The lowest BCUT2D eigenvalue weighted by Gasteiger charge is -2.55. The number of nitrogens with one attached hydrogen (secondary N) is 1. The van der Waals surface area contributed by atoms with Crippen LogP contribution in [0.2, 0.25) is 0 Å². The van der Waals surface area contributed by atoms with E-state index in [2.05, 4.69) is 11.5 Å². The maximum atomic E-state index is 12.8. The molecule has 4 fully saturated rings. The fourth-order valence-electron chi connectivity index (χ4n) is 5.19. The zero-order valence-electron chi connectivity index (χ0n) is 11.3. The predicted molar refractivity (Wildman–Crippen MR) is 73.7 cm³/mol. The molecule has 1 N–H and O–H groups in total. The second-order valence-corrected chi connectivity index (χ2v) is 7.06. The van der Waals surface area contributed by atoms with Crippen molar-refractivity contribution in [2.24, 2.45) is 23.2 Å². The van der Waals surface area contributed by atoms with Crippen LogP contribution in [0.25, 0.3) is 0 Å². The normalized spacial score (nSPS) is 42.7. The minimum atomic E-state index is -0.0379. The summed E-state index contributed by atoms with van der Waals surface area (Å²) in [6, 6.07) is 0. The average molecular weight is 258 g/mol. The highest BCUT2D eigenvalue weighted by Crippen LogP contribution is 2.60. The van der Waals surface area contributed by atoms with E-state index >= 15 is 0 Å². The molecule has 4 aliphatic carbocycles. The third kappa shape index (κ3) is 1.90. The number of rotatable bonds is 2. The molecule has 0 spiro atoms. The summed E-state index contributed by atoms with van der Waals surface area (Å²) in [7, 11) is 0. The summed E-state index contributed by atoms with van der Waals surface area (Å²) in [5, 5.41) is 1.92. The summed E-state index contributed by atoms with van der Waals surface area (Å²) < 4.78 is 0. The van der Waals surface area contributed by atoms with Crippen molar-refractivity contribution in [1.82, 2.24) is 10.4 Å². The van der Waals surface area contributed by atoms with E-state index in [1.165, 1.54) is 19.3 Å². The Balaban J connectivity index is 1.50. The van der Waals surface area contributed by atoms with Crippen LogP contribution in [0.3, 0.4) is 0 Å². The van der Waals surface area contributed by atoms with Crippen LogP contribution in [-0.2, 0) is 4.79 Å². The van der Waals surface area contributed by atoms with Gasteiger partial charge in [-0.1, -0.05) is 12.2 Å². The van der Waals surface area contributed by atoms with Crippen molar-refractivity contribution < 1.29 is 4.79 Å². The minimum absolute atomic E-state index is 0.0379. The Labute approximate surface area is 114 Å². The number of carbonyl (C=O) groups excluding carboxylic acids is 1. The molecule has 0 saturated heterocycles. The van der Waals surface area contributed by atoms with Crippen LogP contribution in [0.15, 0.2) is 24.4 Å². The van der Waals surface area contributed by atoms with Crippen LogP contribution in [0.4, 0.5) is 0 Å². The SMILES string of the molecule is O=C(NN1C=CC=CC1)C12CC3CC(CC(C3)C1)C2. The highest BCUT2D eigenvalue weighted by Gasteiger charge is 2.54. The molecule has 0 aromatic carbocycles. The fraction of sp³-hybridized carbons (Fsp3) is 0.688. The molecule has 3 heteroatoms. The zero-order valence-corrected chi connectivity index (χ0v) is 11.3. The highest BCUT2D eigenvalue weighted by molar-refractivity contribution is 5.82. The van der Waals surface area contributed by atoms with Crippen LogP contribution in [0.1, 0.15) is 38.5 Å². The molecular formula is C16H22N2O. The first-order chi connectivity index (χ1) is 9.23. The van der Waals surface area contributed by atoms with Gasteiger partial charge in [0.1, 0.15) is 0 Å². The Kier molecular flexibility index (Phi) is 2.51. The molecule has 1 aliphatic heterocycles. The van der Waals surface area contributed by atoms with Crippen molar-refractivity contribution in [3.63, 3.8) is 0 Å². The summed E-state index contributed by atoms with van der Waals surface area (Å²) in [4.78, 5) is 12.8. The molecule has 3 nitrogen and oxygen atoms in total. The molecule has 102 valence electrons. The van der Waals surface area contributed by atoms with Gasteiger partial charge in [-0.05, 0) is 62.4 Å². The molecule has 0 unspecified atom stereocenters. The Hall–Kier alpha value is -1.25. The Morgan fingerprint density at radius 1 is 1.05 bits per heavy atom. The lowest BCUT2D eigenvalue weighted by molar-refractivity contribution is -0.150. The van der Waals surface area contributed by atoms with Gasteiger partial charge in [0, 0.05) is 6.20 Å². The summed E-state index contributed by atoms with van der Waals surface area (Å²) in [5.74, 6) is 2.77. The number of amides is 1. The Morgan fingerprint density at radius 2 is 1.68 bits per heavy atom. The number of allylic oxidation sites excluding steroid dienone is 2. The van der Waals surface area contributed by atoms with Crippen molar-refractivity contribution in [3.8, 4) is 0 Å². The molecule has 0 atom stereocenters. The van der Waals surface area contributed by atoms with Crippen molar-refractivity contribution in [3.05, 3.63) is 24.4 Å². The summed E-state index contributed by atoms with van der Waals surface area (Å²) in [5.41, 5.74) is 3.09. The van der Waals surface area contributed by atoms with Crippen LogP contribution in [0.5, 0.6) is 0 Å². The molecule has 0 aromatic rings. The third-order valence-corrected chi connectivity index (χ3v) is 5.58. The summed E-state index contributed by atoms with van der Waals surface area (Å²) in [6.07, 6.45) is 15.6. The molecule has 1 heterocycles. The van der Waals surface area contributed by atoms with Gasteiger partial charge < -0.3 is 0 Å². The number of hydrogen-bond donors (Lipinski definition) is 1. The topological polar surface area (TPSA) is 32.3 Å². The van der Waals surface area contributed by atoms with E-state index in [1.807, 2.05) is 23.4 Å². The van der Waals surface area contributed by atoms with Gasteiger partial charge in [-0.25, -0.2) is 0 Å². The van der Waals surface area contributed by atoms with Crippen LogP contribution in [-0.4, -0.2) is 17.5 Å². The first-order valence-electron chi connectivity index (χ1n) is 7.65. The van der Waals surface area contributed by atoms with E-state index in [0.717, 1.165) is 43.6 Å². The van der Waals surface area contributed by atoms with Gasteiger partial charge in [0.15, 0.2) is 0 Å². The standard InChI is InChI=1S/C16H22N2O/c19-15(17-18-4-2-1-3-5-18)16-9-12-6-13(10-16)8-14(7-12)11-16/h1-4,12-14H,5-11H2,(H,17,19). The van der Waals surface area contributed by atoms with Crippen molar-refractivity contribution in [1.29, 1.82) is 0 Å². The van der Waals surface area contributed by atoms with Crippen LogP contribution >= 0.6 is 0 Å². The lowest BCUT2D eigenvalue weighted by atomic mass is 9.49. The van der Waals surface area contributed by atoms with E-state index in [4.69, 9.17) is 0 Å². The second-order valence-electron chi connectivity index (χ2n) is 7.06. The van der Waals surface area contributed by atoms with E-state index < -0.39 is 0 Å². The maximum Gasteiger partial charge on any atom is 0.244 e. The molecule has 0 radical (unpaired) electrons. The molecule has 1 amide bonds. The second kappa shape index (κ2) is 4.12. The van der Waals surface area contributed by atoms with E-state index in [1.54, 1.807) is 0 Å². The molecule has 0 aromatic heterocycles. The first kappa shape index (κ1) is 11.6. The minimum Gasteiger partial charge on any atom is -0.289 e. The average Bonchev–Trinajstić information content (AvgIpc) is 2.38. The van der Waals surface area contributed by atoms with Crippen LogP contribution in [0, 0.1) is 23.2 Å².